The van der Waals surface area contributed by atoms with E-state index in [1.165, 1.54) is 24.3 Å². The zero-order chi connectivity index (χ0) is 25.0. The Hall–Kier alpha value is -3.65. The van der Waals surface area contributed by atoms with Crippen LogP contribution in [0.5, 0.6) is 5.75 Å². The Morgan fingerprint density at radius 1 is 0.971 bits per heavy atom. The third kappa shape index (κ3) is 6.48. The largest absolute Gasteiger partial charge is 0.379 e. The molecule has 4 rings (SSSR count). The molecule has 0 saturated heterocycles. The van der Waals surface area contributed by atoms with Gasteiger partial charge in [-0.1, -0.05) is 42.5 Å². The van der Waals surface area contributed by atoms with Gasteiger partial charge < -0.3 is 14.8 Å². The van der Waals surface area contributed by atoms with E-state index in [-0.39, 0.29) is 22.6 Å². The summed E-state index contributed by atoms with van der Waals surface area (Å²) in [5, 5.41) is 5.76. The average molecular weight is 493 g/mol. The molecule has 0 radical (unpaired) electrons. The molecular formula is C27H28N2O5S. The Morgan fingerprint density at radius 3 is 2.31 bits per heavy atom. The number of hydrogen-bond acceptors (Lipinski definition) is 5. The molecule has 2 amide bonds. The first kappa shape index (κ1) is 24.5. The first-order valence-electron chi connectivity index (χ1n) is 11.5. The molecule has 35 heavy (non-hydrogen) atoms. The number of amides is 2. The summed E-state index contributed by atoms with van der Waals surface area (Å²) in [4.78, 5) is 25.8. The van der Waals surface area contributed by atoms with Crippen LogP contribution in [-0.4, -0.2) is 32.3 Å². The minimum absolute atomic E-state index is 0.0924. The second-order valence-corrected chi connectivity index (χ2v) is 10.3. The summed E-state index contributed by atoms with van der Waals surface area (Å²) < 4.78 is 30.8. The van der Waals surface area contributed by atoms with Gasteiger partial charge in [-0.3, -0.25) is 9.59 Å². The van der Waals surface area contributed by atoms with E-state index in [1.54, 1.807) is 19.1 Å². The summed E-state index contributed by atoms with van der Waals surface area (Å²) in [6, 6.07) is 19.8. The molecule has 0 aliphatic heterocycles. The van der Waals surface area contributed by atoms with Crippen LogP contribution in [0.1, 0.15) is 39.9 Å². The topological polar surface area (TPSA) is 102 Å². The van der Waals surface area contributed by atoms with Crippen molar-refractivity contribution in [2.24, 2.45) is 0 Å². The van der Waals surface area contributed by atoms with Gasteiger partial charge in [0.15, 0.2) is 0 Å². The van der Waals surface area contributed by atoms with E-state index in [2.05, 4.69) is 10.6 Å². The maximum Gasteiger partial charge on any atom is 0.339 e. The predicted octanol–water partition coefficient (Wildman–Crippen LogP) is 3.69. The number of benzene rings is 3. The molecule has 0 heterocycles. The van der Waals surface area contributed by atoms with Gasteiger partial charge in [0.25, 0.3) is 5.91 Å². The molecule has 1 atom stereocenters. The van der Waals surface area contributed by atoms with Gasteiger partial charge in [0.2, 0.25) is 5.91 Å². The number of rotatable bonds is 9. The first-order chi connectivity index (χ1) is 16.7. The molecular weight excluding hydrogens is 464 g/mol. The normalized spacial score (nSPS) is 14.1. The number of aryl methyl sites for hydroxylation is 2. The van der Waals surface area contributed by atoms with Gasteiger partial charge in [0, 0.05) is 18.0 Å². The highest BCUT2D eigenvalue weighted by molar-refractivity contribution is 7.87. The molecule has 0 bridgehead atoms. The van der Waals surface area contributed by atoms with Crippen LogP contribution >= 0.6 is 0 Å². The summed E-state index contributed by atoms with van der Waals surface area (Å²) in [6.07, 6.45) is 2.26. The Morgan fingerprint density at radius 2 is 1.66 bits per heavy atom. The van der Waals surface area contributed by atoms with Crippen molar-refractivity contribution in [2.45, 2.75) is 50.1 Å². The number of carbonyl (C=O) groups is 2. The molecule has 2 N–H and O–H groups in total. The van der Waals surface area contributed by atoms with E-state index in [9.17, 15) is 18.0 Å². The van der Waals surface area contributed by atoms with Gasteiger partial charge in [0.1, 0.15) is 16.7 Å². The van der Waals surface area contributed by atoms with E-state index in [0.29, 0.717) is 17.5 Å². The van der Waals surface area contributed by atoms with Crippen LogP contribution in [0.2, 0.25) is 0 Å². The van der Waals surface area contributed by atoms with Crippen molar-refractivity contribution in [2.75, 3.05) is 0 Å². The summed E-state index contributed by atoms with van der Waals surface area (Å²) in [5.74, 6) is -0.556. The van der Waals surface area contributed by atoms with Crippen molar-refractivity contribution in [3.05, 3.63) is 95.1 Å². The molecule has 1 saturated carbocycles. The predicted molar refractivity (Wildman–Crippen MR) is 133 cm³/mol. The molecule has 1 unspecified atom stereocenters. The monoisotopic (exact) mass is 492 g/mol. The summed E-state index contributed by atoms with van der Waals surface area (Å²) in [7, 11) is -4.02. The Labute approximate surface area is 205 Å². The van der Waals surface area contributed by atoms with Crippen LogP contribution in [0.3, 0.4) is 0 Å². The van der Waals surface area contributed by atoms with Gasteiger partial charge in [-0.15, -0.1) is 0 Å². The van der Waals surface area contributed by atoms with Gasteiger partial charge in [-0.2, -0.15) is 8.42 Å². The van der Waals surface area contributed by atoms with Crippen LogP contribution in [0.25, 0.3) is 0 Å². The van der Waals surface area contributed by atoms with Crippen LogP contribution < -0.4 is 14.8 Å². The fourth-order valence-electron chi connectivity index (χ4n) is 3.64. The minimum atomic E-state index is -4.02. The molecule has 1 fully saturated rings. The lowest BCUT2D eigenvalue weighted by atomic mass is 10.0. The van der Waals surface area contributed by atoms with Crippen molar-refractivity contribution < 1.29 is 22.2 Å². The standard InChI is InChI=1S/C27H28N2O5S/c1-18-8-9-19(2)25(16-18)35(32,33)34-23-14-10-21(11-15-23)26(30)29-24(27(31)28-22-12-13-22)17-20-6-4-3-5-7-20/h3-11,14-16,22,24H,12-13,17H2,1-2H3,(H,28,31)(H,29,30). The molecule has 7 nitrogen and oxygen atoms in total. The van der Waals surface area contributed by atoms with Gasteiger partial charge in [0.05, 0.1) is 0 Å². The molecule has 3 aromatic carbocycles. The quantitative estimate of drug-likeness (QED) is 0.444. The number of carbonyl (C=O) groups excluding carboxylic acids is 2. The van der Waals surface area contributed by atoms with Gasteiger partial charge in [-0.25, -0.2) is 0 Å². The van der Waals surface area contributed by atoms with Gasteiger partial charge in [-0.05, 0) is 73.7 Å². The van der Waals surface area contributed by atoms with Crippen molar-refractivity contribution in [3.63, 3.8) is 0 Å². The van der Waals surface area contributed by atoms with Crippen molar-refractivity contribution in [1.29, 1.82) is 0 Å². The first-order valence-corrected chi connectivity index (χ1v) is 12.9. The third-order valence-electron chi connectivity index (χ3n) is 5.76. The van der Waals surface area contributed by atoms with E-state index in [4.69, 9.17) is 4.18 Å². The van der Waals surface area contributed by atoms with Gasteiger partial charge >= 0.3 is 10.1 Å². The maximum absolute atomic E-state index is 12.9. The Balaban J connectivity index is 1.45. The van der Waals surface area contributed by atoms with Crippen LogP contribution in [-0.2, 0) is 21.3 Å². The SMILES string of the molecule is Cc1ccc(C)c(S(=O)(=O)Oc2ccc(C(=O)NC(Cc3ccccc3)C(=O)NC3CC3)cc2)c1. The molecule has 0 aromatic heterocycles. The molecule has 8 heteroatoms. The molecule has 1 aliphatic carbocycles. The average Bonchev–Trinajstić information content (AvgIpc) is 3.65. The zero-order valence-corrected chi connectivity index (χ0v) is 20.5. The van der Waals surface area contributed by atoms with Crippen molar-refractivity contribution in [1.82, 2.24) is 10.6 Å². The number of nitrogens with one attached hydrogen (secondary N) is 2. The highest BCUT2D eigenvalue weighted by Gasteiger charge is 2.29. The maximum atomic E-state index is 12.9. The number of hydrogen-bond donors (Lipinski definition) is 2. The lowest BCUT2D eigenvalue weighted by molar-refractivity contribution is -0.123. The second kappa shape index (κ2) is 10.3. The van der Waals surface area contributed by atoms with Crippen LogP contribution in [0.15, 0.2) is 77.7 Å². The van der Waals surface area contributed by atoms with Crippen molar-refractivity contribution >= 4 is 21.9 Å². The Kier molecular flexibility index (Phi) is 7.21. The van der Waals surface area contributed by atoms with E-state index in [1.807, 2.05) is 43.3 Å². The molecule has 1 aliphatic rings. The molecule has 3 aromatic rings. The molecule has 182 valence electrons. The summed E-state index contributed by atoms with van der Waals surface area (Å²) in [6.45, 7) is 3.51. The smallest absolute Gasteiger partial charge is 0.339 e. The summed E-state index contributed by atoms with van der Waals surface area (Å²) in [5.41, 5.74) is 2.61. The fraction of sp³-hybridized carbons (Fsp3) is 0.259. The zero-order valence-electron chi connectivity index (χ0n) is 19.7. The Bertz CT molecular complexity index is 1320. The lowest BCUT2D eigenvalue weighted by Crippen LogP contribution is -2.48. The third-order valence-corrected chi connectivity index (χ3v) is 7.15. The minimum Gasteiger partial charge on any atom is -0.379 e. The summed E-state index contributed by atoms with van der Waals surface area (Å²) >= 11 is 0. The van der Waals surface area contributed by atoms with Crippen LogP contribution in [0.4, 0.5) is 0 Å². The highest BCUT2D eigenvalue weighted by atomic mass is 32.2. The fourth-order valence-corrected chi connectivity index (χ4v) is 4.89. The molecule has 0 spiro atoms. The van der Waals surface area contributed by atoms with E-state index < -0.39 is 22.1 Å². The van der Waals surface area contributed by atoms with E-state index >= 15 is 0 Å². The lowest BCUT2D eigenvalue weighted by Gasteiger charge is -2.19. The second-order valence-electron chi connectivity index (χ2n) is 8.83. The van der Waals surface area contributed by atoms with Crippen LogP contribution in [0, 0.1) is 13.8 Å². The highest BCUT2D eigenvalue weighted by Crippen LogP contribution is 2.23. The van der Waals surface area contributed by atoms with E-state index in [0.717, 1.165) is 24.0 Å². The van der Waals surface area contributed by atoms with Crippen molar-refractivity contribution in [3.8, 4) is 5.75 Å².